The minimum Gasteiger partial charge on any atom is -0.353 e. The lowest BCUT2D eigenvalue weighted by Crippen LogP contribution is -2.31. The van der Waals surface area contributed by atoms with Gasteiger partial charge in [-0.15, -0.1) is 10.2 Å². The van der Waals surface area contributed by atoms with Gasteiger partial charge in [-0.25, -0.2) is 0 Å². The van der Waals surface area contributed by atoms with Crippen LogP contribution in [0.5, 0.6) is 0 Å². The van der Waals surface area contributed by atoms with Crippen molar-refractivity contribution in [3.8, 4) is 11.6 Å². The van der Waals surface area contributed by atoms with Crippen molar-refractivity contribution in [2.45, 2.75) is 55.9 Å². The predicted octanol–water partition coefficient (Wildman–Crippen LogP) is 5.55. The maximum Gasteiger partial charge on any atom is 0.416 e. The molecular formula is C24H28F3N5OS. The summed E-state index contributed by atoms with van der Waals surface area (Å²) in [5, 5.41) is 13.3. The molecule has 0 radical (unpaired) electrons. The number of aryl methyl sites for hydroxylation is 1. The molecule has 1 aliphatic carbocycles. The van der Waals surface area contributed by atoms with Crippen molar-refractivity contribution >= 4 is 11.8 Å². The Labute approximate surface area is 200 Å². The molecule has 182 valence electrons. The SMILES string of the molecule is Cc1cc(-c2nnc(SCCCN3CCC4C[C@H](c5ccc(C(F)(F)F)cc5)CC43)n2C)on1. The van der Waals surface area contributed by atoms with Crippen LogP contribution in [-0.4, -0.2) is 49.7 Å². The van der Waals surface area contributed by atoms with E-state index < -0.39 is 11.7 Å². The number of hydrogen-bond donors (Lipinski definition) is 0. The second kappa shape index (κ2) is 9.37. The Morgan fingerprint density at radius 2 is 1.94 bits per heavy atom. The van der Waals surface area contributed by atoms with Crippen LogP contribution in [0.15, 0.2) is 40.0 Å². The summed E-state index contributed by atoms with van der Waals surface area (Å²) in [7, 11) is 1.93. The normalized spacial score (nSPS) is 23.0. The van der Waals surface area contributed by atoms with Gasteiger partial charge in [0.1, 0.15) is 0 Å². The first-order valence-electron chi connectivity index (χ1n) is 11.7. The Bertz CT molecular complexity index is 1130. The van der Waals surface area contributed by atoms with Gasteiger partial charge in [0.25, 0.3) is 0 Å². The van der Waals surface area contributed by atoms with E-state index in [0.29, 0.717) is 29.5 Å². The Morgan fingerprint density at radius 1 is 1.15 bits per heavy atom. The lowest BCUT2D eigenvalue weighted by atomic mass is 9.94. The van der Waals surface area contributed by atoms with E-state index in [0.717, 1.165) is 54.5 Å². The number of hydrogen-bond acceptors (Lipinski definition) is 6. The van der Waals surface area contributed by atoms with E-state index in [1.807, 2.05) is 24.6 Å². The van der Waals surface area contributed by atoms with Crippen LogP contribution in [0.3, 0.4) is 0 Å². The summed E-state index contributed by atoms with van der Waals surface area (Å²) >= 11 is 1.69. The molecule has 1 aliphatic heterocycles. The van der Waals surface area contributed by atoms with Gasteiger partial charge in [0.15, 0.2) is 5.16 Å². The Hall–Kier alpha value is -2.33. The third-order valence-corrected chi connectivity index (χ3v) is 8.23. The van der Waals surface area contributed by atoms with Gasteiger partial charge in [0.05, 0.1) is 11.3 Å². The number of benzene rings is 1. The number of likely N-dealkylation sites (tertiary alicyclic amines) is 1. The molecule has 34 heavy (non-hydrogen) atoms. The summed E-state index contributed by atoms with van der Waals surface area (Å²) in [6.45, 7) is 4.01. The smallest absolute Gasteiger partial charge is 0.353 e. The molecule has 2 aromatic heterocycles. The second-order valence-electron chi connectivity index (χ2n) is 9.34. The molecule has 3 aromatic rings. The molecule has 0 N–H and O–H groups in total. The minimum absolute atomic E-state index is 0.353. The molecule has 1 saturated heterocycles. The molecule has 0 bridgehead atoms. The Kier molecular flexibility index (Phi) is 6.45. The average molecular weight is 492 g/mol. The Morgan fingerprint density at radius 3 is 2.65 bits per heavy atom. The highest BCUT2D eigenvalue weighted by molar-refractivity contribution is 7.99. The lowest BCUT2D eigenvalue weighted by molar-refractivity contribution is -0.137. The van der Waals surface area contributed by atoms with Gasteiger partial charge < -0.3 is 14.0 Å². The summed E-state index contributed by atoms with van der Waals surface area (Å²) in [4.78, 5) is 2.58. The number of thioether (sulfide) groups is 1. The van der Waals surface area contributed by atoms with Crippen molar-refractivity contribution in [2.75, 3.05) is 18.8 Å². The topological polar surface area (TPSA) is 60.0 Å². The monoisotopic (exact) mass is 491 g/mol. The van der Waals surface area contributed by atoms with Crippen LogP contribution in [0.4, 0.5) is 13.2 Å². The molecule has 5 rings (SSSR count). The summed E-state index contributed by atoms with van der Waals surface area (Å²) in [5.74, 6) is 3.23. The number of rotatable bonds is 7. The van der Waals surface area contributed by atoms with Gasteiger partial charge in [0.2, 0.25) is 11.6 Å². The first-order chi connectivity index (χ1) is 16.3. The van der Waals surface area contributed by atoms with E-state index in [4.69, 9.17) is 4.52 Å². The predicted molar refractivity (Wildman–Crippen MR) is 123 cm³/mol. The first kappa shape index (κ1) is 23.4. The zero-order chi connectivity index (χ0) is 23.9. The molecule has 10 heteroatoms. The maximum absolute atomic E-state index is 12.9. The highest BCUT2D eigenvalue weighted by Crippen LogP contribution is 2.46. The molecule has 3 heterocycles. The van der Waals surface area contributed by atoms with Crippen LogP contribution in [0, 0.1) is 12.8 Å². The molecule has 2 aliphatic rings. The molecule has 1 aromatic carbocycles. The van der Waals surface area contributed by atoms with Crippen LogP contribution in [0.2, 0.25) is 0 Å². The summed E-state index contributed by atoms with van der Waals surface area (Å²) in [5.41, 5.74) is 1.28. The van der Waals surface area contributed by atoms with E-state index >= 15 is 0 Å². The number of halogens is 3. The minimum atomic E-state index is -4.28. The molecule has 3 atom stereocenters. The molecule has 2 fully saturated rings. The van der Waals surface area contributed by atoms with Crippen LogP contribution in [-0.2, 0) is 13.2 Å². The first-order valence-corrected chi connectivity index (χ1v) is 12.6. The van der Waals surface area contributed by atoms with Gasteiger partial charge in [0, 0.05) is 24.9 Å². The average Bonchev–Trinajstić information content (AvgIpc) is 3.56. The van der Waals surface area contributed by atoms with Crippen LogP contribution < -0.4 is 0 Å². The van der Waals surface area contributed by atoms with Crippen LogP contribution in [0.25, 0.3) is 11.6 Å². The number of nitrogens with zero attached hydrogens (tertiary/aromatic N) is 5. The highest BCUT2D eigenvalue weighted by atomic mass is 32.2. The van der Waals surface area contributed by atoms with E-state index in [-0.39, 0.29) is 0 Å². The quantitative estimate of drug-likeness (QED) is 0.319. The van der Waals surface area contributed by atoms with Crippen molar-refractivity contribution in [1.82, 2.24) is 24.8 Å². The van der Waals surface area contributed by atoms with Crippen molar-refractivity contribution < 1.29 is 17.7 Å². The maximum atomic E-state index is 12.9. The highest BCUT2D eigenvalue weighted by Gasteiger charge is 2.42. The summed E-state index contributed by atoms with van der Waals surface area (Å²) < 4.78 is 45.8. The fourth-order valence-corrected chi connectivity index (χ4v) is 6.24. The van der Waals surface area contributed by atoms with Gasteiger partial charge >= 0.3 is 6.18 Å². The van der Waals surface area contributed by atoms with Gasteiger partial charge in [-0.05, 0) is 75.2 Å². The van der Waals surface area contributed by atoms with Crippen LogP contribution >= 0.6 is 11.8 Å². The molecule has 2 unspecified atom stereocenters. The number of aromatic nitrogens is 4. The summed E-state index contributed by atoms with van der Waals surface area (Å²) in [6, 6.07) is 8.17. The zero-order valence-corrected chi connectivity index (χ0v) is 20.1. The van der Waals surface area contributed by atoms with Crippen molar-refractivity contribution in [2.24, 2.45) is 13.0 Å². The van der Waals surface area contributed by atoms with Gasteiger partial charge in [-0.1, -0.05) is 29.1 Å². The van der Waals surface area contributed by atoms with Crippen LogP contribution in [0.1, 0.15) is 48.4 Å². The number of fused-ring (bicyclic) bond motifs is 1. The van der Waals surface area contributed by atoms with E-state index in [1.165, 1.54) is 18.6 Å². The van der Waals surface area contributed by atoms with Gasteiger partial charge in [-0.2, -0.15) is 13.2 Å². The van der Waals surface area contributed by atoms with E-state index in [9.17, 15) is 13.2 Å². The lowest BCUT2D eigenvalue weighted by Gasteiger charge is -2.24. The molecular weight excluding hydrogens is 463 g/mol. The molecule has 0 spiro atoms. The van der Waals surface area contributed by atoms with Crippen molar-refractivity contribution in [3.05, 3.63) is 47.2 Å². The fraction of sp³-hybridized carbons (Fsp3) is 0.542. The van der Waals surface area contributed by atoms with Crippen molar-refractivity contribution in [1.29, 1.82) is 0 Å². The number of alkyl halides is 3. The standard InChI is InChI=1S/C24H28F3N5OS/c1-15-12-21(33-30-15)22-28-29-23(31(22)2)34-11-3-9-32-10-8-17-13-18(14-20(17)32)16-4-6-19(7-5-16)24(25,26)27/h4-7,12,17-18,20H,3,8-11,13-14H2,1-2H3/t17?,18-,20?/m0/s1. The molecule has 0 amide bonds. The van der Waals surface area contributed by atoms with Crippen molar-refractivity contribution in [3.63, 3.8) is 0 Å². The van der Waals surface area contributed by atoms with Gasteiger partial charge in [-0.3, -0.25) is 0 Å². The largest absolute Gasteiger partial charge is 0.416 e. The van der Waals surface area contributed by atoms with E-state index in [2.05, 4.69) is 20.3 Å². The third kappa shape index (κ3) is 4.75. The second-order valence-corrected chi connectivity index (χ2v) is 10.4. The third-order valence-electron chi connectivity index (χ3n) is 7.13. The Balaban J connectivity index is 1.11. The fourth-order valence-electron chi connectivity index (χ4n) is 5.41. The summed E-state index contributed by atoms with van der Waals surface area (Å²) in [6.07, 6.45) is 0.0538. The zero-order valence-electron chi connectivity index (χ0n) is 19.3. The molecule has 1 saturated carbocycles. The van der Waals surface area contributed by atoms with E-state index in [1.54, 1.807) is 23.9 Å². The molecule has 6 nitrogen and oxygen atoms in total.